The van der Waals surface area contributed by atoms with Crippen LogP contribution in [0.25, 0.3) is 0 Å². The number of carboxylic acid groups (broad SMARTS) is 1. The molecule has 78 valence electrons. The van der Waals surface area contributed by atoms with E-state index in [2.05, 4.69) is 10.3 Å². The quantitative estimate of drug-likeness (QED) is 0.775. The van der Waals surface area contributed by atoms with E-state index < -0.39 is 11.5 Å². The fourth-order valence-electron chi connectivity index (χ4n) is 0.948. The lowest BCUT2D eigenvalue weighted by Crippen LogP contribution is -2.39. The van der Waals surface area contributed by atoms with Crippen molar-refractivity contribution in [2.75, 3.05) is 5.32 Å². The summed E-state index contributed by atoms with van der Waals surface area (Å²) in [6.07, 6.45) is 1.43. The molecule has 0 aliphatic heterocycles. The number of hydrogen-bond donors (Lipinski definition) is 2. The van der Waals surface area contributed by atoms with Gasteiger partial charge in [0.25, 0.3) is 0 Å². The molecule has 5 heteroatoms. The highest BCUT2D eigenvalue weighted by molar-refractivity contribution is 5.81. The molecule has 0 radical (unpaired) electrons. The number of carbonyl (C=O) groups is 1. The van der Waals surface area contributed by atoms with E-state index in [1.807, 2.05) is 6.07 Å². The first kappa shape index (κ1) is 11.0. The molecule has 0 unspecified atom stereocenters. The van der Waals surface area contributed by atoms with Crippen molar-refractivity contribution in [1.29, 1.82) is 5.26 Å². The van der Waals surface area contributed by atoms with Gasteiger partial charge in [0.2, 0.25) is 0 Å². The number of nitrogens with zero attached hydrogens (tertiary/aromatic N) is 2. The number of anilines is 1. The highest BCUT2D eigenvalue weighted by atomic mass is 16.4. The standard InChI is InChI=1S/C10H11N3O2/c1-10(2,9(14)15)13-8-4-3-7(5-11)12-6-8/h3-4,6,13H,1-2H3,(H,14,15). The van der Waals surface area contributed by atoms with Crippen LogP contribution < -0.4 is 5.32 Å². The number of carboxylic acids is 1. The fraction of sp³-hybridized carbons (Fsp3) is 0.300. The van der Waals surface area contributed by atoms with Crippen LogP contribution in [0.1, 0.15) is 19.5 Å². The number of hydrogen-bond acceptors (Lipinski definition) is 4. The van der Waals surface area contributed by atoms with Crippen LogP contribution in [-0.4, -0.2) is 21.6 Å². The average Bonchev–Trinajstić information content (AvgIpc) is 2.18. The van der Waals surface area contributed by atoms with E-state index in [-0.39, 0.29) is 0 Å². The summed E-state index contributed by atoms with van der Waals surface area (Å²) < 4.78 is 0. The first-order chi connectivity index (χ1) is 6.95. The van der Waals surface area contributed by atoms with Gasteiger partial charge in [-0.25, -0.2) is 9.78 Å². The van der Waals surface area contributed by atoms with Gasteiger partial charge in [-0.15, -0.1) is 0 Å². The summed E-state index contributed by atoms with van der Waals surface area (Å²) in [6.45, 7) is 3.10. The molecule has 1 aromatic rings. The molecule has 0 fully saturated rings. The average molecular weight is 205 g/mol. The number of aromatic nitrogens is 1. The minimum Gasteiger partial charge on any atom is -0.480 e. The highest BCUT2D eigenvalue weighted by Gasteiger charge is 2.26. The molecule has 0 bridgehead atoms. The minimum atomic E-state index is -1.06. The Bertz CT molecular complexity index is 404. The van der Waals surface area contributed by atoms with Crippen LogP contribution in [-0.2, 0) is 4.79 Å². The predicted octanol–water partition coefficient (Wildman–Crippen LogP) is 1.23. The second kappa shape index (κ2) is 3.96. The summed E-state index contributed by atoms with van der Waals surface area (Å²) in [6, 6.07) is 5.03. The predicted molar refractivity (Wildman–Crippen MR) is 54.3 cm³/mol. The Morgan fingerprint density at radius 2 is 2.27 bits per heavy atom. The lowest BCUT2D eigenvalue weighted by atomic mass is 10.1. The number of nitrogens with one attached hydrogen (secondary N) is 1. The number of rotatable bonds is 3. The molecule has 1 heterocycles. The van der Waals surface area contributed by atoms with E-state index in [4.69, 9.17) is 10.4 Å². The molecule has 5 nitrogen and oxygen atoms in total. The van der Waals surface area contributed by atoms with Gasteiger partial charge < -0.3 is 10.4 Å². The molecule has 0 aliphatic rings. The van der Waals surface area contributed by atoms with Crippen molar-refractivity contribution in [2.24, 2.45) is 0 Å². The normalized spacial score (nSPS) is 10.5. The van der Waals surface area contributed by atoms with Gasteiger partial charge in [0.05, 0.1) is 11.9 Å². The van der Waals surface area contributed by atoms with Gasteiger partial charge in [-0.2, -0.15) is 5.26 Å². The molecule has 0 amide bonds. The number of aliphatic carboxylic acids is 1. The zero-order chi connectivity index (χ0) is 11.5. The van der Waals surface area contributed by atoms with E-state index in [0.717, 1.165) is 0 Å². The third-order valence-corrected chi connectivity index (χ3v) is 1.87. The van der Waals surface area contributed by atoms with Crippen molar-refractivity contribution >= 4 is 11.7 Å². The van der Waals surface area contributed by atoms with Crippen LogP contribution in [0.2, 0.25) is 0 Å². The van der Waals surface area contributed by atoms with E-state index in [1.54, 1.807) is 19.9 Å². The third kappa shape index (κ3) is 2.68. The van der Waals surface area contributed by atoms with Gasteiger partial charge >= 0.3 is 5.97 Å². The maximum Gasteiger partial charge on any atom is 0.328 e. The molecule has 1 aromatic heterocycles. The Hall–Kier alpha value is -2.09. The molecule has 0 aromatic carbocycles. The maximum absolute atomic E-state index is 10.8. The van der Waals surface area contributed by atoms with E-state index >= 15 is 0 Å². The lowest BCUT2D eigenvalue weighted by Gasteiger charge is -2.21. The van der Waals surface area contributed by atoms with Gasteiger partial charge in [-0.1, -0.05) is 0 Å². The van der Waals surface area contributed by atoms with Gasteiger partial charge in [0, 0.05) is 0 Å². The first-order valence-electron chi connectivity index (χ1n) is 4.33. The largest absolute Gasteiger partial charge is 0.480 e. The van der Waals surface area contributed by atoms with Crippen molar-refractivity contribution in [1.82, 2.24) is 4.98 Å². The van der Waals surface area contributed by atoms with E-state index in [9.17, 15) is 4.79 Å². The van der Waals surface area contributed by atoms with Gasteiger partial charge in [0.1, 0.15) is 17.3 Å². The van der Waals surface area contributed by atoms with Gasteiger partial charge in [-0.05, 0) is 26.0 Å². The molecular weight excluding hydrogens is 194 g/mol. The summed E-state index contributed by atoms with van der Waals surface area (Å²) in [4.78, 5) is 14.6. The fourth-order valence-corrected chi connectivity index (χ4v) is 0.948. The maximum atomic E-state index is 10.8. The summed E-state index contributed by atoms with van der Waals surface area (Å²) in [5.41, 5.74) is -0.189. The van der Waals surface area contributed by atoms with E-state index in [0.29, 0.717) is 11.4 Å². The van der Waals surface area contributed by atoms with Crippen LogP contribution in [0, 0.1) is 11.3 Å². The lowest BCUT2D eigenvalue weighted by molar-refractivity contribution is -0.141. The molecular formula is C10H11N3O2. The number of pyridine rings is 1. The van der Waals surface area contributed by atoms with Crippen molar-refractivity contribution in [3.05, 3.63) is 24.0 Å². The minimum absolute atomic E-state index is 0.300. The van der Waals surface area contributed by atoms with Crippen molar-refractivity contribution in [3.63, 3.8) is 0 Å². The van der Waals surface area contributed by atoms with Crippen molar-refractivity contribution in [2.45, 2.75) is 19.4 Å². The Kier molecular flexibility index (Phi) is 2.90. The Labute approximate surface area is 87.4 Å². The summed E-state index contributed by atoms with van der Waals surface area (Å²) >= 11 is 0. The zero-order valence-electron chi connectivity index (χ0n) is 8.48. The van der Waals surface area contributed by atoms with E-state index in [1.165, 1.54) is 12.3 Å². The van der Waals surface area contributed by atoms with Crippen LogP contribution in [0.3, 0.4) is 0 Å². The zero-order valence-corrected chi connectivity index (χ0v) is 8.48. The monoisotopic (exact) mass is 205 g/mol. The Morgan fingerprint density at radius 3 is 2.67 bits per heavy atom. The SMILES string of the molecule is CC(C)(Nc1ccc(C#N)nc1)C(=O)O. The molecule has 0 atom stereocenters. The summed E-state index contributed by atoms with van der Waals surface area (Å²) in [5, 5.41) is 20.2. The summed E-state index contributed by atoms with van der Waals surface area (Å²) in [7, 11) is 0. The molecule has 15 heavy (non-hydrogen) atoms. The van der Waals surface area contributed by atoms with Crippen molar-refractivity contribution < 1.29 is 9.90 Å². The molecule has 0 saturated heterocycles. The highest BCUT2D eigenvalue weighted by Crippen LogP contribution is 2.14. The van der Waals surface area contributed by atoms with Gasteiger partial charge in [0.15, 0.2) is 0 Å². The third-order valence-electron chi connectivity index (χ3n) is 1.87. The topological polar surface area (TPSA) is 86.0 Å². The molecule has 0 spiro atoms. The number of nitriles is 1. The molecule has 2 N–H and O–H groups in total. The molecule has 0 saturated carbocycles. The van der Waals surface area contributed by atoms with Crippen LogP contribution in [0.15, 0.2) is 18.3 Å². The smallest absolute Gasteiger partial charge is 0.328 e. The van der Waals surface area contributed by atoms with Crippen LogP contribution in [0.5, 0.6) is 0 Å². The second-order valence-corrected chi connectivity index (χ2v) is 3.60. The Balaban J connectivity index is 2.83. The van der Waals surface area contributed by atoms with Crippen LogP contribution in [0.4, 0.5) is 5.69 Å². The second-order valence-electron chi connectivity index (χ2n) is 3.60. The van der Waals surface area contributed by atoms with Crippen LogP contribution >= 0.6 is 0 Å². The van der Waals surface area contributed by atoms with Gasteiger partial charge in [-0.3, -0.25) is 0 Å². The first-order valence-corrected chi connectivity index (χ1v) is 4.33. The van der Waals surface area contributed by atoms with Crippen molar-refractivity contribution in [3.8, 4) is 6.07 Å². The summed E-state index contributed by atoms with van der Waals surface area (Å²) in [5.74, 6) is -0.952. The molecule has 0 aliphatic carbocycles. The molecule has 1 rings (SSSR count). The Morgan fingerprint density at radius 1 is 1.60 bits per heavy atom.